The second-order valence-electron chi connectivity index (χ2n) is 3.46. The standard InChI is InChI=1S/C11H9F3N2/c12-11(13,14)9-5-3-8(4-6-9)10-2-1-7-15-16-10/h3-7H,1-2H2. The van der Waals surface area contributed by atoms with Gasteiger partial charge in [-0.15, -0.1) is 0 Å². The summed E-state index contributed by atoms with van der Waals surface area (Å²) in [5.74, 6) is 0. The van der Waals surface area contributed by atoms with E-state index < -0.39 is 11.7 Å². The van der Waals surface area contributed by atoms with Gasteiger partial charge >= 0.3 is 6.18 Å². The molecule has 1 aromatic carbocycles. The second-order valence-corrected chi connectivity index (χ2v) is 3.46. The lowest BCUT2D eigenvalue weighted by atomic mass is 10.0. The summed E-state index contributed by atoms with van der Waals surface area (Å²) in [4.78, 5) is 0. The quantitative estimate of drug-likeness (QED) is 0.702. The number of benzene rings is 1. The Hall–Kier alpha value is -1.65. The maximum atomic E-state index is 12.3. The van der Waals surface area contributed by atoms with Crippen molar-refractivity contribution in [2.75, 3.05) is 0 Å². The van der Waals surface area contributed by atoms with Gasteiger partial charge in [-0.3, -0.25) is 0 Å². The number of nitrogens with zero attached hydrogens (tertiary/aromatic N) is 2. The van der Waals surface area contributed by atoms with Gasteiger partial charge in [-0.05, 0) is 30.5 Å². The average molecular weight is 226 g/mol. The zero-order chi connectivity index (χ0) is 11.6. The summed E-state index contributed by atoms with van der Waals surface area (Å²) in [7, 11) is 0. The molecule has 0 N–H and O–H groups in total. The van der Waals surface area contributed by atoms with Crippen molar-refractivity contribution in [3.63, 3.8) is 0 Å². The van der Waals surface area contributed by atoms with Crippen LogP contribution in [0.2, 0.25) is 0 Å². The number of alkyl halides is 3. The number of hydrogen-bond acceptors (Lipinski definition) is 2. The van der Waals surface area contributed by atoms with Gasteiger partial charge in [-0.1, -0.05) is 12.1 Å². The molecular formula is C11H9F3N2. The summed E-state index contributed by atoms with van der Waals surface area (Å²) >= 11 is 0. The zero-order valence-corrected chi connectivity index (χ0v) is 8.33. The molecule has 0 radical (unpaired) electrons. The molecule has 84 valence electrons. The number of rotatable bonds is 1. The highest BCUT2D eigenvalue weighted by molar-refractivity contribution is 6.02. The first-order valence-electron chi connectivity index (χ1n) is 4.83. The van der Waals surface area contributed by atoms with Crippen molar-refractivity contribution in [2.24, 2.45) is 10.2 Å². The highest BCUT2D eigenvalue weighted by Gasteiger charge is 2.30. The Morgan fingerprint density at radius 1 is 1.06 bits per heavy atom. The Morgan fingerprint density at radius 3 is 2.25 bits per heavy atom. The summed E-state index contributed by atoms with van der Waals surface area (Å²) in [6, 6.07) is 5.00. The molecule has 0 saturated carbocycles. The normalized spacial score (nSPS) is 16.1. The lowest BCUT2D eigenvalue weighted by molar-refractivity contribution is -0.137. The van der Waals surface area contributed by atoms with Gasteiger partial charge in [0.25, 0.3) is 0 Å². The van der Waals surface area contributed by atoms with E-state index in [1.54, 1.807) is 6.21 Å². The molecule has 0 spiro atoms. The molecule has 1 heterocycles. The van der Waals surface area contributed by atoms with Gasteiger partial charge in [0.15, 0.2) is 0 Å². The van der Waals surface area contributed by atoms with E-state index in [-0.39, 0.29) is 0 Å². The van der Waals surface area contributed by atoms with Gasteiger partial charge in [-0.25, -0.2) is 0 Å². The lowest BCUT2D eigenvalue weighted by Crippen LogP contribution is -2.07. The highest BCUT2D eigenvalue weighted by atomic mass is 19.4. The van der Waals surface area contributed by atoms with Crippen LogP contribution < -0.4 is 0 Å². The third kappa shape index (κ3) is 2.29. The molecule has 2 rings (SSSR count). The number of halogens is 3. The highest BCUT2D eigenvalue weighted by Crippen LogP contribution is 2.29. The molecule has 0 amide bonds. The molecule has 5 heteroatoms. The van der Waals surface area contributed by atoms with Gasteiger partial charge in [0, 0.05) is 6.21 Å². The molecule has 0 saturated heterocycles. The van der Waals surface area contributed by atoms with Crippen molar-refractivity contribution in [2.45, 2.75) is 19.0 Å². The van der Waals surface area contributed by atoms with E-state index in [0.717, 1.165) is 30.7 Å². The lowest BCUT2D eigenvalue weighted by Gasteiger charge is -2.09. The molecule has 0 fully saturated rings. The van der Waals surface area contributed by atoms with Crippen LogP contribution in [0.25, 0.3) is 0 Å². The van der Waals surface area contributed by atoms with Crippen LogP contribution in [-0.4, -0.2) is 11.9 Å². The molecule has 0 unspecified atom stereocenters. The molecule has 0 aliphatic carbocycles. The van der Waals surface area contributed by atoms with Crippen LogP contribution in [-0.2, 0) is 6.18 Å². The van der Waals surface area contributed by atoms with Crippen molar-refractivity contribution >= 4 is 11.9 Å². The molecule has 1 aliphatic heterocycles. The molecule has 0 aromatic heterocycles. The summed E-state index contributed by atoms with van der Waals surface area (Å²) in [5, 5.41) is 7.64. The minimum absolute atomic E-state index is 0.642. The predicted molar refractivity (Wildman–Crippen MR) is 55.7 cm³/mol. The van der Waals surface area contributed by atoms with Crippen LogP contribution in [0.3, 0.4) is 0 Å². The molecule has 0 atom stereocenters. The van der Waals surface area contributed by atoms with Crippen LogP contribution >= 0.6 is 0 Å². The molecule has 2 nitrogen and oxygen atoms in total. The van der Waals surface area contributed by atoms with E-state index >= 15 is 0 Å². The van der Waals surface area contributed by atoms with Crippen molar-refractivity contribution in [1.82, 2.24) is 0 Å². The zero-order valence-electron chi connectivity index (χ0n) is 8.33. The van der Waals surface area contributed by atoms with Crippen LogP contribution in [0.15, 0.2) is 34.5 Å². The Labute approximate surface area is 90.5 Å². The minimum Gasteiger partial charge on any atom is -0.166 e. The Morgan fingerprint density at radius 2 is 1.75 bits per heavy atom. The van der Waals surface area contributed by atoms with E-state index in [0.29, 0.717) is 5.56 Å². The predicted octanol–water partition coefficient (Wildman–Crippen LogP) is 3.27. The SMILES string of the molecule is FC(F)(F)c1ccc(C2=NN=CCC2)cc1. The second kappa shape index (κ2) is 4.08. The van der Waals surface area contributed by atoms with E-state index in [1.165, 1.54) is 12.1 Å². The Balaban J connectivity index is 2.26. The van der Waals surface area contributed by atoms with E-state index in [1.807, 2.05) is 0 Å². The van der Waals surface area contributed by atoms with Gasteiger partial charge in [-0.2, -0.15) is 23.4 Å². The first-order valence-corrected chi connectivity index (χ1v) is 4.83. The fourth-order valence-corrected chi connectivity index (χ4v) is 1.47. The van der Waals surface area contributed by atoms with Crippen LogP contribution in [0, 0.1) is 0 Å². The molecule has 0 bridgehead atoms. The largest absolute Gasteiger partial charge is 0.416 e. The van der Waals surface area contributed by atoms with Gasteiger partial charge in [0.1, 0.15) is 0 Å². The van der Waals surface area contributed by atoms with Gasteiger partial charge in [0.05, 0.1) is 11.3 Å². The van der Waals surface area contributed by atoms with E-state index in [4.69, 9.17) is 0 Å². The van der Waals surface area contributed by atoms with Crippen molar-refractivity contribution in [1.29, 1.82) is 0 Å². The topological polar surface area (TPSA) is 24.7 Å². The third-order valence-corrected chi connectivity index (χ3v) is 2.32. The molecule has 1 aliphatic rings. The Bertz CT molecular complexity index is 430. The molecule has 16 heavy (non-hydrogen) atoms. The van der Waals surface area contributed by atoms with Crippen LogP contribution in [0.1, 0.15) is 24.0 Å². The van der Waals surface area contributed by atoms with Crippen LogP contribution in [0.5, 0.6) is 0 Å². The average Bonchev–Trinajstić information content (AvgIpc) is 2.29. The first-order chi connectivity index (χ1) is 7.57. The van der Waals surface area contributed by atoms with Gasteiger partial charge in [0.2, 0.25) is 0 Å². The monoisotopic (exact) mass is 226 g/mol. The van der Waals surface area contributed by atoms with Gasteiger partial charge < -0.3 is 0 Å². The van der Waals surface area contributed by atoms with Crippen molar-refractivity contribution in [3.05, 3.63) is 35.4 Å². The van der Waals surface area contributed by atoms with E-state index in [2.05, 4.69) is 10.2 Å². The van der Waals surface area contributed by atoms with Crippen molar-refractivity contribution < 1.29 is 13.2 Å². The minimum atomic E-state index is -4.29. The summed E-state index contributed by atoms with van der Waals surface area (Å²) in [6.07, 6.45) is -1.10. The Kier molecular flexibility index (Phi) is 2.77. The fourth-order valence-electron chi connectivity index (χ4n) is 1.47. The summed E-state index contributed by atoms with van der Waals surface area (Å²) < 4.78 is 36.9. The van der Waals surface area contributed by atoms with E-state index in [9.17, 15) is 13.2 Å². The first kappa shape index (κ1) is 10.9. The maximum Gasteiger partial charge on any atom is 0.416 e. The smallest absolute Gasteiger partial charge is 0.166 e. The number of hydrogen-bond donors (Lipinski definition) is 0. The van der Waals surface area contributed by atoms with Crippen molar-refractivity contribution in [3.8, 4) is 0 Å². The third-order valence-electron chi connectivity index (χ3n) is 2.32. The fraction of sp³-hybridized carbons (Fsp3) is 0.273. The molecular weight excluding hydrogens is 217 g/mol. The summed E-state index contributed by atoms with van der Waals surface area (Å²) in [5.41, 5.74) is 0.789. The molecule has 1 aromatic rings. The summed E-state index contributed by atoms with van der Waals surface area (Å²) in [6.45, 7) is 0. The maximum absolute atomic E-state index is 12.3. The van der Waals surface area contributed by atoms with Crippen LogP contribution in [0.4, 0.5) is 13.2 Å².